The smallest absolute Gasteiger partial charge is 0.320 e. The fourth-order valence-electron chi connectivity index (χ4n) is 2.37. The van der Waals surface area contributed by atoms with Gasteiger partial charge in [0.1, 0.15) is 6.54 Å². The van der Waals surface area contributed by atoms with Crippen molar-refractivity contribution in [3.8, 4) is 0 Å². The number of likely N-dealkylation sites (N-methyl/N-ethyl adjacent to an activating group) is 1. The second kappa shape index (κ2) is 6.40. The zero-order valence-electron chi connectivity index (χ0n) is 11.3. The van der Waals surface area contributed by atoms with E-state index < -0.39 is 17.8 Å². The van der Waals surface area contributed by atoms with Gasteiger partial charge in [0.2, 0.25) is 5.91 Å². The van der Waals surface area contributed by atoms with Gasteiger partial charge in [-0.25, -0.2) is 4.79 Å². The summed E-state index contributed by atoms with van der Waals surface area (Å²) in [6.07, 6.45) is 0.884. The zero-order valence-corrected chi connectivity index (χ0v) is 11.3. The fraction of sp³-hybridized carbons (Fsp3) is 0.750. The minimum absolute atomic E-state index is 0.110. The molecule has 0 bridgehead atoms. The lowest BCUT2D eigenvalue weighted by Crippen LogP contribution is -2.53. The molecular weight excluding hydrogens is 250 g/mol. The Morgan fingerprint density at radius 1 is 1.42 bits per heavy atom. The Kier molecular flexibility index (Phi) is 5.14. The van der Waals surface area contributed by atoms with Crippen LogP contribution in [0.15, 0.2) is 0 Å². The molecule has 0 aromatic heterocycles. The molecule has 1 rings (SSSR count). The molecule has 0 aromatic rings. The molecule has 1 aliphatic rings. The highest BCUT2D eigenvalue weighted by molar-refractivity contribution is 5.83. The van der Waals surface area contributed by atoms with Crippen LogP contribution < -0.4 is 5.73 Å². The number of urea groups is 1. The summed E-state index contributed by atoms with van der Waals surface area (Å²) in [5, 5.41) is 8.98. The lowest BCUT2D eigenvalue weighted by atomic mass is 9.92. The summed E-state index contributed by atoms with van der Waals surface area (Å²) in [6.45, 7) is 4.28. The largest absolute Gasteiger partial charge is 0.481 e. The van der Waals surface area contributed by atoms with E-state index >= 15 is 0 Å². The second-order valence-electron chi connectivity index (χ2n) is 4.87. The Bertz CT molecular complexity index is 372. The van der Waals surface area contributed by atoms with Crippen LogP contribution in [0, 0.1) is 5.92 Å². The number of piperidine rings is 1. The van der Waals surface area contributed by atoms with Crippen LogP contribution in [0.5, 0.6) is 0 Å². The third-order valence-electron chi connectivity index (χ3n) is 3.47. The Hall–Kier alpha value is -1.79. The lowest BCUT2D eigenvalue weighted by molar-refractivity contribution is -0.143. The van der Waals surface area contributed by atoms with Crippen molar-refractivity contribution in [1.29, 1.82) is 0 Å². The molecular formula is C12H21N3O4. The minimum Gasteiger partial charge on any atom is -0.481 e. The molecule has 1 saturated heterocycles. The van der Waals surface area contributed by atoms with Gasteiger partial charge in [-0.2, -0.15) is 0 Å². The number of nitrogens with two attached hydrogens (primary N) is 1. The normalized spacial score (nSPS) is 22.9. The Morgan fingerprint density at radius 3 is 2.47 bits per heavy atom. The van der Waals surface area contributed by atoms with Gasteiger partial charge in [-0.15, -0.1) is 0 Å². The summed E-state index contributed by atoms with van der Waals surface area (Å²) in [7, 11) is 0. The van der Waals surface area contributed by atoms with Gasteiger partial charge in [0, 0.05) is 19.1 Å². The predicted molar refractivity (Wildman–Crippen MR) is 68.4 cm³/mol. The first kappa shape index (κ1) is 15.3. The molecule has 7 nitrogen and oxygen atoms in total. The topological polar surface area (TPSA) is 104 Å². The first-order valence-electron chi connectivity index (χ1n) is 6.43. The van der Waals surface area contributed by atoms with Crippen molar-refractivity contribution in [1.82, 2.24) is 9.80 Å². The third-order valence-corrected chi connectivity index (χ3v) is 3.47. The molecule has 0 radical (unpaired) electrons. The van der Waals surface area contributed by atoms with Crippen molar-refractivity contribution in [3.63, 3.8) is 0 Å². The van der Waals surface area contributed by atoms with Gasteiger partial charge in [0.15, 0.2) is 0 Å². The standard InChI is InChI=1S/C12H21N3O4/c1-3-14(7-10(13)16)12(19)15-5-4-9(11(17)18)6-8(15)2/h8-9H,3-7H2,1-2H3,(H2,13,16)(H,17,18). The third kappa shape index (κ3) is 3.84. The number of hydrogen-bond donors (Lipinski definition) is 2. The van der Waals surface area contributed by atoms with Crippen molar-refractivity contribution in [2.24, 2.45) is 11.7 Å². The van der Waals surface area contributed by atoms with Gasteiger partial charge in [0.25, 0.3) is 0 Å². The van der Waals surface area contributed by atoms with Crippen molar-refractivity contribution in [2.75, 3.05) is 19.6 Å². The molecule has 0 aromatic carbocycles. The average Bonchev–Trinajstić information content (AvgIpc) is 2.34. The summed E-state index contributed by atoms with van der Waals surface area (Å²) in [5.74, 6) is -1.77. The number of carboxylic acid groups (broad SMARTS) is 1. The van der Waals surface area contributed by atoms with Crippen LogP contribution in [0.25, 0.3) is 0 Å². The molecule has 0 saturated carbocycles. The van der Waals surface area contributed by atoms with Crippen molar-refractivity contribution in [3.05, 3.63) is 0 Å². The number of likely N-dealkylation sites (tertiary alicyclic amines) is 1. The molecule has 1 heterocycles. The number of amides is 3. The summed E-state index contributed by atoms with van der Waals surface area (Å²) < 4.78 is 0. The van der Waals surface area contributed by atoms with E-state index in [0.717, 1.165) is 0 Å². The van der Waals surface area contributed by atoms with E-state index in [1.54, 1.807) is 11.8 Å². The number of aliphatic carboxylic acids is 1. The summed E-state index contributed by atoms with van der Waals surface area (Å²) in [6, 6.07) is -0.401. The average molecular weight is 271 g/mol. The molecule has 2 atom stereocenters. The molecule has 7 heteroatoms. The van der Waals surface area contributed by atoms with Gasteiger partial charge in [-0.1, -0.05) is 0 Å². The van der Waals surface area contributed by atoms with Crippen LogP contribution in [-0.4, -0.2) is 58.5 Å². The summed E-state index contributed by atoms with van der Waals surface area (Å²) in [4.78, 5) is 37.1. The van der Waals surface area contributed by atoms with E-state index in [0.29, 0.717) is 25.9 Å². The minimum atomic E-state index is -0.816. The molecule has 0 aliphatic carbocycles. The lowest BCUT2D eigenvalue weighted by Gasteiger charge is -2.38. The number of rotatable bonds is 4. The Balaban J connectivity index is 2.67. The van der Waals surface area contributed by atoms with E-state index in [1.807, 2.05) is 6.92 Å². The molecule has 1 fully saturated rings. The molecule has 108 valence electrons. The number of nitrogens with zero attached hydrogens (tertiary/aromatic N) is 2. The SMILES string of the molecule is CCN(CC(N)=O)C(=O)N1CCC(C(=O)O)CC1C. The van der Waals surface area contributed by atoms with E-state index in [1.165, 1.54) is 4.90 Å². The van der Waals surface area contributed by atoms with Crippen molar-refractivity contribution < 1.29 is 19.5 Å². The molecule has 0 spiro atoms. The van der Waals surface area contributed by atoms with Gasteiger partial charge in [0.05, 0.1) is 5.92 Å². The molecule has 3 N–H and O–H groups in total. The van der Waals surface area contributed by atoms with Crippen LogP contribution in [-0.2, 0) is 9.59 Å². The van der Waals surface area contributed by atoms with E-state index in [-0.39, 0.29) is 18.6 Å². The number of primary amides is 1. The fourth-order valence-corrected chi connectivity index (χ4v) is 2.37. The highest BCUT2D eigenvalue weighted by atomic mass is 16.4. The van der Waals surface area contributed by atoms with Crippen LogP contribution in [0.2, 0.25) is 0 Å². The maximum atomic E-state index is 12.2. The predicted octanol–water partition coefficient (Wildman–Crippen LogP) is 0.0987. The van der Waals surface area contributed by atoms with Gasteiger partial charge < -0.3 is 20.6 Å². The zero-order chi connectivity index (χ0) is 14.6. The van der Waals surface area contributed by atoms with Crippen LogP contribution in [0.1, 0.15) is 26.7 Å². The highest BCUT2D eigenvalue weighted by Gasteiger charge is 2.34. The first-order valence-corrected chi connectivity index (χ1v) is 6.43. The van der Waals surface area contributed by atoms with Crippen LogP contribution in [0.3, 0.4) is 0 Å². The van der Waals surface area contributed by atoms with E-state index in [2.05, 4.69) is 0 Å². The molecule has 2 unspecified atom stereocenters. The van der Waals surface area contributed by atoms with Crippen LogP contribution in [0.4, 0.5) is 4.79 Å². The second-order valence-corrected chi connectivity index (χ2v) is 4.87. The Morgan fingerprint density at radius 2 is 2.05 bits per heavy atom. The molecule has 1 aliphatic heterocycles. The number of carboxylic acids is 1. The quantitative estimate of drug-likeness (QED) is 0.756. The summed E-state index contributed by atoms with van der Waals surface area (Å²) in [5.41, 5.74) is 5.10. The number of carbonyl (C=O) groups is 3. The summed E-state index contributed by atoms with van der Waals surface area (Å²) >= 11 is 0. The first-order chi connectivity index (χ1) is 8.86. The van der Waals surface area contributed by atoms with Gasteiger partial charge in [-0.3, -0.25) is 9.59 Å². The maximum Gasteiger partial charge on any atom is 0.320 e. The van der Waals surface area contributed by atoms with Crippen molar-refractivity contribution >= 4 is 17.9 Å². The Labute approximate surface area is 112 Å². The molecule has 3 amide bonds. The number of carbonyl (C=O) groups excluding carboxylic acids is 2. The van der Waals surface area contributed by atoms with Crippen LogP contribution >= 0.6 is 0 Å². The maximum absolute atomic E-state index is 12.2. The van der Waals surface area contributed by atoms with Crippen molar-refractivity contribution in [2.45, 2.75) is 32.7 Å². The van der Waals surface area contributed by atoms with Gasteiger partial charge >= 0.3 is 12.0 Å². The molecule has 19 heavy (non-hydrogen) atoms. The monoisotopic (exact) mass is 271 g/mol. The highest BCUT2D eigenvalue weighted by Crippen LogP contribution is 2.23. The van der Waals surface area contributed by atoms with E-state index in [9.17, 15) is 14.4 Å². The van der Waals surface area contributed by atoms with Gasteiger partial charge in [-0.05, 0) is 26.7 Å². The number of hydrogen-bond acceptors (Lipinski definition) is 3. The van der Waals surface area contributed by atoms with E-state index in [4.69, 9.17) is 10.8 Å².